The molecular formula is C29H48O3. The number of hydrogen-bond donors (Lipinski definition) is 1. The van der Waals surface area contributed by atoms with Crippen LogP contribution in [0.15, 0.2) is 11.6 Å². The number of aliphatic hydroxyl groups is 1. The van der Waals surface area contributed by atoms with Crippen LogP contribution in [0.4, 0.5) is 0 Å². The summed E-state index contributed by atoms with van der Waals surface area (Å²) in [7, 11) is 0. The summed E-state index contributed by atoms with van der Waals surface area (Å²) in [6.07, 6.45) is 13.9. The van der Waals surface area contributed by atoms with E-state index in [1.54, 1.807) is 6.92 Å². The highest BCUT2D eigenvalue weighted by atomic mass is 16.5. The van der Waals surface area contributed by atoms with Crippen molar-refractivity contribution >= 4 is 5.97 Å². The van der Waals surface area contributed by atoms with Crippen molar-refractivity contribution < 1.29 is 14.6 Å². The van der Waals surface area contributed by atoms with E-state index in [4.69, 9.17) is 4.74 Å². The molecule has 0 aromatic carbocycles. The Bertz CT molecular complexity index is 726. The topological polar surface area (TPSA) is 46.5 Å². The number of esters is 1. The Morgan fingerprint density at radius 1 is 1.09 bits per heavy atom. The van der Waals surface area contributed by atoms with Gasteiger partial charge in [-0.2, -0.15) is 0 Å². The van der Waals surface area contributed by atoms with Crippen molar-refractivity contribution in [2.24, 2.45) is 46.3 Å². The quantitative estimate of drug-likeness (QED) is 0.357. The number of rotatable bonds is 6. The zero-order valence-corrected chi connectivity index (χ0v) is 21.5. The van der Waals surface area contributed by atoms with Gasteiger partial charge in [-0.25, -0.2) is 0 Å². The van der Waals surface area contributed by atoms with Crippen LogP contribution in [-0.4, -0.2) is 23.3 Å². The van der Waals surface area contributed by atoms with E-state index in [0.717, 1.165) is 37.0 Å². The van der Waals surface area contributed by atoms with Crippen molar-refractivity contribution in [3.63, 3.8) is 0 Å². The molecule has 0 bridgehead atoms. The molecule has 3 saturated carbocycles. The van der Waals surface area contributed by atoms with E-state index >= 15 is 0 Å². The third kappa shape index (κ3) is 4.21. The molecule has 3 fully saturated rings. The molecule has 182 valence electrons. The lowest BCUT2D eigenvalue weighted by atomic mass is 9.46. The summed E-state index contributed by atoms with van der Waals surface area (Å²) in [5.41, 5.74) is 1.90. The third-order valence-electron chi connectivity index (χ3n) is 10.6. The molecule has 0 amide bonds. The molecule has 0 heterocycles. The number of carbonyl (C=O) groups is 1. The van der Waals surface area contributed by atoms with E-state index in [0.29, 0.717) is 23.2 Å². The Morgan fingerprint density at radius 2 is 1.84 bits per heavy atom. The number of carbonyl (C=O) groups excluding carboxylic acids is 1. The van der Waals surface area contributed by atoms with Crippen LogP contribution in [0.1, 0.15) is 106 Å². The highest BCUT2D eigenvalue weighted by Crippen LogP contribution is 2.67. The minimum atomic E-state index is -0.236. The Kier molecular flexibility index (Phi) is 6.90. The van der Waals surface area contributed by atoms with Gasteiger partial charge in [0.15, 0.2) is 0 Å². The second-order valence-electron chi connectivity index (χ2n) is 12.9. The first-order chi connectivity index (χ1) is 15.1. The summed E-state index contributed by atoms with van der Waals surface area (Å²) in [5.74, 6) is 3.88. The minimum absolute atomic E-state index is 0.106. The smallest absolute Gasteiger partial charge is 0.303 e. The van der Waals surface area contributed by atoms with Crippen molar-refractivity contribution in [2.75, 3.05) is 0 Å². The molecule has 0 aromatic rings. The third-order valence-corrected chi connectivity index (χ3v) is 10.6. The first-order valence-electron chi connectivity index (χ1n) is 13.6. The van der Waals surface area contributed by atoms with Crippen LogP contribution < -0.4 is 0 Å². The number of hydrogen-bond acceptors (Lipinski definition) is 3. The molecule has 1 N–H and O–H groups in total. The lowest BCUT2D eigenvalue weighted by molar-refractivity contribution is -0.158. The summed E-state index contributed by atoms with van der Waals surface area (Å²) in [6, 6.07) is 0. The summed E-state index contributed by atoms with van der Waals surface area (Å²) in [4.78, 5) is 12.1. The van der Waals surface area contributed by atoms with Gasteiger partial charge >= 0.3 is 5.97 Å². The van der Waals surface area contributed by atoms with E-state index in [1.807, 2.05) is 0 Å². The Labute approximate surface area is 196 Å². The molecule has 4 aliphatic carbocycles. The van der Waals surface area contributed by atoms with Gasteiger partial charge in [-0.15, -0.1) is 0 Å². The van der Waals surface area contributed by atoms with Crippen LogP contribution in [0.5, 0.6) is 0 Å². The summed E-state index contributed by atoms with van der Waals surface area (Å²) in [5, 5.41) is 10.4. The number of fused-ring (bicyclic) bond motifs is 5. The van der Waals surface area contributed by atoms with Gasteiger partial charge in [0.1, 0.15) is 6.10 Å². The normalized spacial score (nSPS) is 44.3. The van der Waals surface area contributed by atoms with Crippen LogP contribution in [0, 0.1) is 46.3 Å². The second-order valence-corrected chi connectivity index (χ2v) is 12.9. The van der Waals surface area contributed by atoms with Crippen LogP contribution >= 0.6 is 0 Å². The van der Waals surface area contributed by atoms with Gasteiger partial charge in [-0.1, -0.05) is 59.5 Å². The number of aliphatic hydroxyl groups excluding tert-OH is 1. The SMILES string of the molecule is CC(=O)OC1C=C2C[C@@H](O)CC[C@]2(C)[C@H]2CC[C@]3(C)[C@@H]([C@H](C)CCCC(C)C)CC[C@H]3[C@H]12. The average Bonchev–Trinajstić information content (AvgIpc) is 3.05. The van der Waals surface area contributed by atoms with Crippen LogP contribution in [0.3, 0.4) is 0 Å². The fourth-order valence-electron chi connectivity index (χ4n) is 8.93. The highest BCUT2D eigenvalue weighted by Gasteiger charge is 2.61. The van der Waals surface area contributed by atoms with Crippen LogP contribution in [-0.2, 0) is 9.53 Å². The molecule has 0 spiro atoms. The molecule has 9 atom stereocenters. The lowest BCUT2D eigenvalue weighted by Gasteiger charge is -2.59. The molecule has 0 aromatic heterocycles. The zero-order chi connectivity index (χ0) is 23.3. The van der Waals surface area contributed by atoms with Crippen LogP contribution in [0.2, 0.25) is 0 Å². The summed E-state index contributed by atoms with van der Waals surface area (Å²) >= 11 is 0. The predicted octanol–water partition coefficient (Wildman–Crippen LogP) is 6.93. The standard InChI is InChI=1S/C29H48O3/c1-18(2)8-7-9-19(3)23-10-11-24-27-25(13-15-29(23,24)6)28(5)14-12-22(31)16-21(28)17-26(27)32-20(4)30/h17-19,22-27,31H,7-16H2,1-6H3/t19-,22+,23-,24+,25+,26?,27+,28+,29-/m1/s1. The first-order valence-corrected chi connectivity index (χ1v) is 13.6. The van der Waals surface area contributed by atoms with E-state index < -0.39 is 0 Å². The maximum atomic E-state index is 12.1. The average molecular weight is 445 g/mol. The van der Waals surface area contributed by atoms with Gasteiger partial charge < -0.3 is 9.84 Å². The van der Waals surface area contributed by atoms with Gasteiger partial charge in [0.05, 0.1) is 6.10 Å². The predicted molar refractivity (Wildman–Crippen MR) is 130 cm³/mol. The van der Waals surface area contributed by atoms with E-state index in [-0.39, 0.29) is 23.6 Å². The monoisotopic (exact) mass is 444 g/mol. The fourth-order valence-corrected chi connectivity index (χ4v) is 8.93. The Balaban J connectivity index is 1.60. The maximum absolute atomic E-state index is 12.1. The molecule has 4 rings (SSSR count). The molecule has 0 saturated heterocycles. The van der Waals surface area contributed by atoms with Gasteiger partial charge in [-0.3, -0.25) is 4.79 Å². The molecule has 4 aliphatic rings. The molecule has 1 unspecified atom stereocenters. The molecular weight excluding hydrogens is 396 g/mol. The minimum Gasteiger partial charge on any atom is -0.458 e. The van der Waals surface area contributed by atoms with E-state index in [9.17, 15) is 9.90 Å². The van der Waals surface area contributed by atoms with Crippen molar-refractivity contribution in [2.45, 2.75) is 118 Å². The second kappa shape index (κ2) is 9.08. The Hall–Kier alpha value is -0.830. The molecule has 0 aliphatic heterocycles. The van der Waals surface area contributed by atoms with Gasteiger partial charge in [0.2, 0.25) is 0 Å². The van der Waals surface area contributed by atoms with Gasteiger partial charge in [0.25, 0.3) is 0 Å². The van der Waals surface area contributed by atoms with Crippen molar-refractivity contribution in [3.8, 4) is 0 Å². The van der Waals surface area contributed by atoms with E-state index in [1.165, 1.54) is 50.5 Å². The number of ether oxygens (including phenoxy) is 1. The highest BCUT2D eigenvalue weighted by molar-refractivity contribution is 5.66. The summed E-state index contributed by atoms with van der Waals surface area (Å²) in [6.45, 7) is 13.8. The maximum Gasteiger partial charge on any atom is 0.303 e. The van der Waals surface area contributed by atoms with Crippen molar-refractivity contribution in [1.29, 1.82) is 0 Å². The van der Waals surface area contributed by atoms with Crippen molar-refractivity contribution in [3.05, 3.63) is 11.6 Å². The van der Waals surface area contributed by atoms with Crippen LogP contribution in [0.25, 0.3) is 0 Å². The molecule has 3 nitrogen and oxygen atoms in total. The molecule has 0 radical (unpaired) electrons. The summed E-state index contributed by atoms with van der Waals surface area (Å²) < 4.78 is 6.03. The zero-order valence-electron chi connectivity index (χ0n) is 21.5. The fraction of sp³-hybridized carbons (Fsp3) is 0.897. The van der Waals surface area contributed by atoms with Gasteiger partial charge in [0, 0.05) is 12.8 Å². The van der Waals surface area contributed by atoms with E-state index in [2.05, 4.69) is 40.7 Å². The first kappa shape index (κ1) is 24.3. The van der Waals surface area contributed by atoms with Crippen molar-refractivity contribution in [1.82, 2.24) is 0 Å². The largest absolute Gasteiger partial charge is 0.458 e. The molecule has 3 heteroatoms. The Morgan fingerprint density at radius 3 is 2.53 bits per heavy atom. The van der Waals surface area contributed by atoms with Gasteiger partial charge in [-0.05, 0) is 91.4 Å². The lowest BCUT2D eigenvalue weighted by Crippen LogP contribution is -2.55. The molecule has 32 heavy (non-hydrogen) atoms.